The first-order chi connectivity index (χ1) is 11.9. The Hall–Kier alpha value is -3.55. The van der Waals surface area contributed by atoms with E-state index in [1.165, 1.54) is 12.1 Å². The topological polar surface area (TPSA) is 111 Å². The first-order valence-electron chi connectivity index (χ1n) is 7.39. The van der Waals surface area contributed by atoms with E-state index in [0.717, 1.165) is 17.2 Å². The Kier molecular flexibility index (Phi) is 5.57. The highest BCUT2D eigenvalue weighted by molar-refractivity contribution is 6.12. The Labute approximate surface area is 143 Å². The number of nitro groups is 2. The number of hydrogen-bond donors (Lipinski definition) is 1. The molecule has 0 fully saturated rings. The van der Waals surface area contributed by atoms with Crippen LogP contribution in [0.4, 0.5) is 17.1 Å². The van der Waals surface area contributed by atoms with Gasteiger partial charge < -0.3 is 0 Å². The van der Waals surface area contributed by atoms with Gasteiger partial charge in [0.15, 0.2) is 0 Å². The van der Waals surface area contributed by atoms with Crippen LogP contribution >= 0.6 is 0 Å². The SMILES string of the molecule is C/C=C(C)/C(=N/Nc1ccc([N+](=O)[O-])cc1[N+](=O)[O-])c1ccccc1. The average Bonchev–Trinajstić information content (AvgIpc) is 2.62. The minimum Gasteiger partial charge on any atom is -0.271 e. The molecular weight excluding hydrogens is 324 g/mol. The number of hydrogen-bond acceptors (Lipinski definition) is 6. The number of allylic oxidation sites excluding steroid dienone is 2. The molecule has 0 heterocycles. The van der Waals surface area contributed by atoms with Crippen LogP contribution in [0.5, 0.6) is 0 Å². The molecule has 128 valence electrons. The molecule has 0 atom stereocenters. The van der Waals surface area contributed by atoms with Gasteiger partial charge in [0.1, 0.15) is 5.69 Å². The molecule has 8 nitrogen and oxygen atoms in total. The zero-order valence-electron chi connectivity index (χ0n) is 13.7. The van der Waals surface area contributed by atoms with E-state index in [-0.39, 0.29) is 11.4 Å². The molecule has 0 aliphatic carbocycles. The van der Waals surface area contributed by atoms with Gasteiger partial charge in [-0.2, -0.15) is 5.10 Å². The van der Waals surface area contributed by atoms with Crippen molar-refractivity contribution < 1.29 is 9.85 Å². The van der Waals surface area contributed by atoms with E-state index in [1.807, 2.05) is 50.3 Å². The van der Waals surface area contributed by atoms with E-state index in [2.05, 4.69) is 10.5 Å². The number of hydrazone groups is 1. The Balaban J connectivity index is 2.44. The Morgan fingerprint density at radius 1 is 1.08 bits per heavy atom. The van der Waals surface area contributed by atoms with Crippen LogP contribution in [0.15, 0.2) is 65.3 Å². The molecule has 0 aromatic heterocycles. The van der Waals surface area contributed by atoms with E-state index in [1.54, 1.807) is 0 Å². The van der Waals surface area contributed by atoms with Crippen LogP contribution in [-0.4, -0.2) is 15.6 Å². The van der Waals surface area contributed by atoms with Crippen molar-refractivity contribution in [2.75, 3.05) is 5.43 Å². The molecule has 0 unspecified atom stereocenters. The zero-order chi connectivity index (χ0) is 18.4. The molecule has 2 aromatic rings. The van der Waals surface area contributed by atoms with E-state index >= 15 is 0 Å². The van der Waals surface area contributed by atoms with Crippen molar-refractivity contribution in [1.82, 2.24) is 0 Å². The summed E-state index contributed by atoms with van der Waals surface area (Å²) in [6, 6.07) is 12.7. The predicted molar refractivity (Wildman–Crippen MR) is 95.8 cm³/mol. The summed E-state index contributed by atoms with van der Waals surface area (Å²) in [6.45, 7) is 3.74. The summed E-state index contributed by atoms with van der Waals surface area (Å²) in [5.74, 6) is 0. The fourth-order valence-corrected chi connectivity index (χ4v) is 2.11. The maximum Gasteiger partial charge on any atom is 0.301 e. The van der Waals surface area contributed by atoms with Gasteiger partial charge in [-0.05, 0) is 25.5 Å². The average molecular weight is 340 g/mol. The maximum atomic E-state index is 11.2. The van der Waals surface area contributed by atoms with E-state index < -0.39 is 15.5 Å². The minimum atomic E-state index is -0.685. The lowest BCUT2D eigenvalue weighted by atomic mass is 10.0. The molecule has 0 aliphatic rings. The molecule has 2 aromatic carbocycles. The van der Waals surface area contributed by atoms with Gasteiger partial charge in [0.05, 0.1) is 21.6 Å². The highest BCUT2D eigenvalue weighted by Crippen LogP contribution is 2.29. The number of benzene rings is 2. The van der Waals surface area contributed by atoms with Gasteiger partial charge in [0, 0.05) is 11.6 Å². The summed E-state index contributed by atoms with van der Waals surface area (Å²) in [6.07, 6.45) is 1.87. The third kappa shape index (κ3) is 4.25. The summed E-state index contributed by atoms with van der Waals surface area (Å²) in [5, 5.41) is 26.3. The second-order valence-corrected chi connectivity index (χ2v) is 5.13. The normalized spacial score (nSPS) is 11.9. The van der Waals surface area contributed by atoms with Crippen molar-refractivity contribution >= 4 is 22.8 Å². The van der Waals surface area contributed by atoms with Crippen LogP contribution in [0, 0.1) is 20.2 Å². The van der Waals surface area contributed by atoms with Crippen molar-refractivity contribution in [3.05, 3.63) is 86.0 Å². The molecule has 0 saturated heterocycles. The van der Waals surface area contributed by atoms with Crippen LogP contribution in [-0.2, 0) is 0 Å². The number of nitrogens with one attached hydrogen (secondary N) is 1. The van der Waals surface area contributed by atoms with Gasteiger partial charge in [-0.1, -0.05) is 36.4 Å². The molecule has 0 saturated carbocycles. The van der Waals surface area contributed by atoms with Crippen LogP contribution in [0.3, 0.4) is 0 Å². The standard InChI is InChI=1S/C17H16N4O4/c1-3-12(2)17(13-7-5-4-6-8-13)19-18-15-10-9-14(20(22)23)11-16(15)21(24)25/h3-11,18H,1-2H3/b12-3+,19-17-. The number of rotatable bonds is 6. The lowest BCUT2D eigenvalue weighted by Crippen LogP contribution is -2.07. The molecule has 25 heavy (non-hydrogen) atoms. The fraction of sp³-hybridized carbons (Fsp3) is 0.118. The Bertz CT molecular complexity index is 860. The lowest BCUT2D eigenvalue weighted by Gasteiger charge is -2.08. The third-order valence-electron chi connectivity index (χ3n) is 3.53. The van der Waals surface area contributed by atoms with Gasteiger partial charge in [-0.15, -0.1) is 0 Å². The second-order valence-electron chi connectivity index (χ2n) is 5.13. The molecule has 0 radical (unpaired) electrons. The van der Waals surface area contributed by atoms with Crippen molar-refractivity contribution in [3.63, 3.8) is 0 Å². The molecule has 0 bridgehead atoms. The van der Waals surface area contributed by atoms with Gasteiger partial charge in [-0.3, -0.25) is 25.7 Å². The molecule has 8 heteroatoms. The van der Waals surface area contributed by atoms with Crippen LogP contribution < -0.4 is 5.43 Å². The summed E-state index contributed by atoms with van der Waals surface area (Å²) in [7, 11) is 0. The number of nitro benzene ring substituents is 2. The van der Waals surface area contributed by atoms with Gasteiger partial charge in [0.25, 0.3) is 5.69 Å². The largest absolute Gasteiger partial charge is 0.301 e. The van der Waals surface area contributed by atoms with E-state index in [9.17, 15) is 20.2 Å². The van der Waals surface area contributed by atoms with Crippen LogP contribution in [0.25, 0.3) is 0 Å². The Morgan fingerprint density at radius 3 is 2.32 bits per heavy atom. The van der Waals surface area contributed by atoms with Crippen molar-refractivity contribution in [2.24, 2.45) is 5.10 Å². The van der Waals surface area contributed by atoms with Gasteiger partial charge in [-0.25, -0.2) is 0 Å². The lowest BCUT2D eigenvalue weighted by molar-refractivity contribution is -0.393. The number of non-ortho nitro benzene ring substituents is 1. The summed E-state index contributed by atoms with van der Waals surface area (Å²) in [5.41, 5.74) is 4.31. The number of anilines is 1. The smallest absolute Gasteiger partial charge is 0.271 e. The van der Waals surface area contributed by atoms with Crippen molar-refractivity contribution in [3.8, 4) is 0 Å². The third-order valence-corrected chi connectivity index (χ3v) is 3.53. The molecule has 1 N–H and O–H groups in total. The second kappa shape index (κ2) is 7.82. The molecule has 0 amide bonds. The van der Waals surface area contributed by atoms with Crippen LogP contribution in [0.2, 0.25) is 0 Å². The van der Waals surface area contributed by atoms with E-state index in [4.69, 9.17) is 0 Å². The number of nitrogens with zero attached hydrogens (tertiary/aromatic N) is 3. The molecule has 0 aliphatic heterocycles. The summed E-state index contributed by atoms with van der Waals surface area (Å²) < 4.78 is 0. The maximum absolute atomic E-state index is 11.2. The first kappa shape index (κ1) is 17.8. The monoisotopic (exact) mass is 340 g/mol. The van der Waals surface area contributed by atoms with Gasteiger partial charge in [0.2, 0.25) is 0 Å². The zero-order valence-corrected chi connectivity index (χ0v) is 13.7. The molecule has 0 spiro atoms. The first-order valence-corrected chi connectivity index (χ1v) is 7.39. The summed E-state index contributed by atoms with van der Waals surface area (Å²) >= 11 is 0. The summed E-state index contributed by atoms with van der Waals surface area (Å²) in [4.78, 5) is 20.6. The van der Waals surface area contributed by atoms with Crippen molar-refractivity contribution in [1.29, 1.82) is 0 Å². The highest BCUT2D eigenvalue weighted by atomic mass is 16.6. The fourth-order valence-electron chi connectivity index (χ4n) is 2.11. The Morgan fingerprint density at radius 2 is 1.76 bits per heavy atom. The molecular formula is C17H16N4O4. The van der Waals surface area contributed by atoms with Crippen LogP contribution in [0.1, 0.15) is 19.4 Å². The minimum absolute atomic E-state index is 0.0768. The van der Waals surface area contributed by atoms with E-state index in [0.29, 0.717) is 5.71 Å². The predicted octanol–water partition coefficient (Wildman–Crippen LogP) is 4.29. The van der Waals surface area contributed by atoms with Gasteiger partial charge >= 0.3 is 5.69 Å². The molecule has 2 rings (SSSR count). The van der Waals surface area contributed by atoms with Crippen molar-refractivity contribution in [2.45, 2.75) is 13.8 Å². The quantitative estimate of drug-likeness (QED) is 0.479. The highest BCUT2D eigenvalue weighted by Gasteiger charge is 2.19.